The minimum atomic E-state index is -2.00. The Bertz CT molecular complexity index is 1180. The highest BCUT2D eigenvalue weighted by Gasteiger charge is 2.59. The molecule has 0 amide bonds. The molecule has 5 heteroatoms. The number of benzene rings is 2. The molecule has 0 heterocycles. The summed E-state index contributed by atoms with van der Waals surface area (Å²) in [4.78, 5) is 14.5. The molecule has 206 valence electrons. The Balaban J connectivity index is 1.40. The average Bonchev–Trinajstić information content (AvgIpc) is 3.17. The van der Waals surface area contributed by atoms with Crippen LogP contribution < -0.4 is 4.43 Å². The van der Waals surface area contributed by atoms with Gasteiger partial charge < -0.3 is 4.43 Å². The van der Waals surface area contributed by atoms with Crippen LogP contribution in [0.1, 0.15) is 91.2 Å². The highest BCUT2D eigenvalue weighted by atomic mass is 32.2. The lowest BCUT2D eigenvalue weighted by Gasteiger charge is -2.48. The van der Waals surface area contributed by atoms with Crippen LogP contribution in [0.4, 0.5) is 0 Å². The smallest absolute Gasteiger partial charge is 0.258 e. The zero-order valence-electron chi connectivity index (χ0n) is 24.3. The average molecular weight is 551 g/mol. The standard InChI is InChI=1S/C33H46O3SSi/c1-21(2)38(22(3)4,23(5)6)36-25-14-16-27-24(19-25)13-15-29-28(27)17-18-33(7)30(29)20-31(32(33)34)37(35)26-11-9-8-10-12-26/h8-12,14,16,19,21-23,28-31H,13,15,17-18,20H2,1-7H3/t28-,29-,30+,31?,33+,37?/m1/s1. The summed E-state index contributed by atoms with van der Waals surface area (Å²) in [6.07, 6.45) is 4.87. The van der Waals surface area contributed by atoms with E-state index in [0.717, 1.165) is 42.7 Å². The van der Waals surface area contributed by atoms with Gasteiger partial charge in [-0.15, -0.1) is 0 Å². The first-order valence-corrected chi connectivity index (χ1v) is 18.2. The molecule has 38 heavy (non-hydrogen) atoms. The lowest BCUT2D eigenvalue weighted by molar-refractivity contribution is -0.129. The summed E-state index contributed by atoms with van der Waals surface area (Å²) in [5.41, 5.74) is 4.23. The van der Waals surface area contributed by atoms with Crippen LogP contribution in [0.2, 0.25) is 16.6 Å². The quantitative estimate of drug-likeness (QED) is 0.325. The number of carbonyl (C=O) groups is 1. The molecule has 6 atom stereocenters. The summed E-state index contributed by atoms with van der Waals surface area (Å²) in [6.45, 7) is 16.2. The number of Topliss-reactive ketones (excluding diaryl/α,β-unsaturated/α-hetero) is 1. The molecule has 0 N–H and O–H groups in total. The van der Waals surface area contributed by atoms with Crippen LogP contribution >= 0.6 is 0 Å². The number of ketones is 1. The van der Waals surface area contributed by atoms with Gasteiger partial charge in [0.2, 0.25) is 0 Å². The third-order valence-electron chi connectivity index (χ3n) is 10.6. The molecular weight excluding hydrogens is 505 g/mol. The third kappa shape index (κ3) is 4.36. The Morgan fingerprint density at radius 1 is 0.947 bits per heavy atom. The van der Waals surface area contributed by atoms with Gasteiger partial charge in [-0.05, 0) is 102 Å². The van der Waals surface area contributed by atoms with E-state index in [1.165, 1.54) is 11.1 Å². The SMILES string of the molecule is CC(C)[Si](Oc1ccc2c(c1)CC[C@@H]1[C@@H]2CC[C@]2(C)C(=O)C(S(=O)c3ccccc3)C[C@@H]12)(C(C)C)C(C)C. The van der Waals surface area contributed by atoms with Gasteiger partial charge in [0, 0.05) is 10.3 Å². The van der Waals surface area contributed by atoms with Crippen LogP contribution in [0.25, 0.3) is 0 Å². The number of hydrogen-bond acceptors (Lipinski definition) is 3. The largest absolute Gasteiger partial charge is 0.543 e. The number of hydrogen-bond donors (Lipinski definition) is 0. The molecule has 0 aromatic heterocycles. The van der Waals surface area contributed by atoms with Crippen LogP contribution in [0.3, 0.4) is 0 Å². The van der Waals surface area contributed by atoms with Gasteiger partial charge >= 0.3 is 0 Å². The Kier molecular flexibility index (Phi) is 7.58. The van der Waals surface area contributed by atoms with Gasteiger partial charge in [0.1, 0.15) is 5.75 Å². The molecule has 3 aliphatic rings. The van der Waals surface area contributed by atoms with E-state index in [9.17, 15) is 9.00 Å². The maximum Gasteiger partial charge on any atom is 0.258 e. The second-order valence-corrected chi connectivity index (χ2v) is 20.4. The van der Waals surface area contributed by atoms with E-state index < -0.39 is 19.1 Å². The van der Waals surface area contributed by atoms with E-state index in [1.54, 1.807) is 0 Å². The van der Waals surface area contributed by atoms with Gasteiger partial charge in [-0.2, -0.15) is 0 Å². The summed E-state index contributed by atoms with van der Waals surface area (Å²) >= 11 is 0. The predicted molar refractivity (Wildman–Crippen MR) is 160 cm³/mol. The summed E-state index contributed by atoms with van der Waals surface area (Å²) in [6, 6.07) is 16.5. The highest BCUT2D eigenvalue weighted by molar-refractivity contribution is 7.86. The minimum Gasteiger partial charge on any atom is -0.543 e. The Morgan fingerprint density at radius 2 is 1.61 bits per heavy atom. The Labute approximate surface area is 233 Å². The first-order chi connectivity index (χ1) is 18.0. The van der Waals surface area contributed by atoms with Crippen LogP contribution in [-0.2, 0) is 22.0 Å². The minimum absolute atomic E-state index is 0.245. The number of fused-ring (bicyclic) bond motifs is 5. The van der Waals surface area contributed by atoms with Gasteiger partial charge in [0.05, 0.1) is 16.0 Å². The van der Waals surface area contributed by atoms with Crippen LogP contribution in [0.5, 0.6) is 5.75 Å². The molecule has 2 saturated carbocycles. The van der Waals surface area contributed by atoms with Crippen molar-refractivity contribution in [2.24, 2.45) is 17.3 Å². The van der Waals surface area contributed by atoms with Gasteiger partial charge in [0.15, 0.2) is 5.78 Å². The molecule has 0 bridgehead atoms. The third-order valence-corrected chi connectivity index (χ3v) is 18.3. The molecule has 0 spiro atoms. The second-order valence-electron chi connectivity index (χ2n) is 13.4. The van der Waals surface area contributed by atoms with Gasteiger partial charge in [-0.25, -0.2) is 0 Å². The molecule has 2 aromatic carbocycles. The molecule has 0 radical (unpaired) electrons. The molecule has 2 fully saturated rings. The monoisotopic (exact) mass is 550 g/mol. The van der Waals surface area contributed by atoms with E-state index >= 15 is 0 Å². The van der Waals surface area contributed by atoms with Crippen molar-refractivity contribution < 1.29 is 13.4 Å². The fraction of sp³-hybridized carbons (Fsp3) is 0.606. The maximum atomic E-state index is 13.7. The molecule has 3 nitrogen and oxygen atoms in total. The first kappa shape index (κ1) is 27.8. The zero-order chi connectivity index (χ0) is 27.4. The van der Waals surface area contributed by atoms with E-state index in [-0.39, 0.29) is 16.4 Å². The lowest BCUT2D eigenvalue weighted by atomic mass is 9.55. The van der Waals surface area contributed by atoms with E-state index in [2.05, 4.69) is 66.7 Å². The first-order valence-electron chi connectivity index (χ1n) is 14.8. The van der Waals surface area contributed by atoms with E-state index in [1.807, 2.05) is 30.3 Å². The van der Waals surface area contributed by atoms with Gasteiger partial charge in [-0.1, -0.05) is 72.7 Å². The fourth-order valence-electron chi connectivity index (χ4n) is 8.85. The summed E-state index contributed by atoms with van der Waals surface area (Å²) < 4.78 is 20.5. The number of rotatable bonds is 7. The Hall–Kier alpha value is -1.72. The molecular formula is C33H46O3SSi. The Morgan fingerprint density at radius 3 is 2.24 bits per heavy atom. The summed E-state index contributed by atoms with van der Waals surface area (Å²) in [5, 5.41) is -0.371. The fourth-order valence-corrected chi connectivity index (χ4v) is 15.7. The molecule has 5 rings (SSSR count). The van der Waals surface area contributed by atoms with Crippen molar-refractivity contribution in [1.82, 2.24) is 0 Å². The predicted octanol–water partition coefficient (Wildman–Crippen LogP) is 8.45. The van der Waals surface area contributed by atoms with Crippen molar-refractivity contribution >= 4 is 24.9 Å². The van der Waals surface area contributed by atoms with Crippen LogP contribution in [-0.4, -0.2) is 23.6 Å². The zero-order valence-corrected chi connectivity index (χ0v) is 26.1. The van der Waals surface area contributed by atoms with Gasteiger partial charge in [0.25, 0.3) is 8.32 Å². The molecule has 2 aromatic rings. The number of carbonyl (C=O) groups excluding carboxylic acids is 1. The molecule has 0 saturated heterocycles. The van der Waals surface area contributed by atoms with E-state index in [4.69, 9.17) is 4.43 Å². The maximum absolute atomic E-state index is 13.7. The topological polar surface area (TPSA) is 43.4 Å². The van der Waals surface area contributed by atoms with Crippen molar-refractivity contribution in [2.45, 2.75) is 113 Å². The summed E-state index contributed by atoms with van der Waals surface area (Å²) in [5.74, 6) is 2.60. The normalized spacial score (nSPS) is 29.8. The second kappa shape index (κ2) is 10.4. The van der Waals surface area contributed by atoms with Crippen LogP contribution in [0, 0.1) is 17.3 Å². The van der Waals surface area contributed by atoms with Crippen molar-refractivity contribution in [3.05, 3.63) is 59.7 Å². The highest BCUT2D eigenvalue weighted by Crippen LogP contribution is 2.60. The van der Waals surface area contributed by atoms with Crippen LogP contribution in [0.15, 0.2) is 53.4 Å². The molecule has 0 aliphatic heterocycles. The molecule has 2 unspecified atom stereocenters. The number of aryl methyl sites for hydroxylation is 1. The van der Waals surface area contributed by atoms with Crippen molar-refractivity contribution in [1.29, 1.82) is 0 Å². The van der Waals surface area contributed by atoms with Crippen molar-refractivity contribution in [3.8, 4) is 5.75 Å². The summed E-state index contributed by atoms with van der Waals surface area (Å²) in [7, 11) is -3.27. The van der Waals surface area contributed by atoms with Gasteiger partial charge in [-0.3, -0.25) is 9.00 Å². The van der Waals surface area contributed by atoms with Crippen molar-refractivity contribution in [3.63, 3.8) is 0 Å². The van der Waals surface area contributed by atoms with Crippen molar-refractivity contribution in [2.75, 3.05) is 0 Å². The van der Waals surface area contributed by atoms with E-state index in [0.29, 0.717) is 34.4 Å². The molecule has 3 aliphatic carbocycles. The lowest BCUT2D eigenvalue weighted by Crippen LogP contribution is -2.50.